The van der Waals surface area contributed by atoms with Crippen molar-refractivity contribution in [1.82, 2.24) is 10.6 Å². The maximum Gasteiger partial charge on any atom is 0.00200 e. The molecule has 2 nitrogen and oxygen atoms in total. The first-order chi connectivity index (χ1) is 5.41. The molecule has 2 fully saturated rings. The van der Waals surface area contributed by atoms with Crippen molar-refractivity contribution in [1.29, 1.82) is 0 Å². The zero-order valence-electron chi connectivity index (χ0n) is 7.97. The lowest BCUT2D eigenvalue weighted by Gasteiger charge is -2.41. The van der Waals surface area contributed by atoms with E-state index in [1.54, 1.807) is 0 Å². The average molecular weight is 227 g/mol. The second kappa shape index (κ2) is 6.07. The fourth-order valence-electron chi connectivity index (χ4n) is 2.42. The van der Waals surface area contributed by atoms with E-state index in [0.29, 0.717) is 5.41 Å². The van der Waals surface area contributed by atoms with E-state index in [-0.39, 0.29) is 24.8 Å². The Morgan fingerprint density at radius 2 is 1.23 bits per heavy atom. The van der Waals surface area contributed by atoms with Gasteiger partial charge in [-0.1, -0.05) is 0 Å². The van der Waals surface area contributed by atoms with Crippen LogP contribution in [0.2, 0.25) is 0 Å². The molecule has 0 unspecified atom stereocenters. The SMILES string of the molecule is C1CNCC2(C1)CCCNC2.Cl.Cl. The van der Waals surface area contributed by atoms with Crippen LogP contribution in [0.5, 0.6) is 0 Å². The molecule has 2 aliphatic rings. The summed E-state index contributed by atoms with van der Waals surface area (Å²) in [5.74, 6) is 0. The highest BCUT2D eigenvalue weighted by atomic mass is 35.5. The zero-order valence-corrected chi connectivity index (χ0v) is 9.61. The molecule has 0 aliphatic carbocycles. The number of hydrogen-bond acceptors (Lipinski definition) is 2. The lowest BCUT2D eigenvalue weighted by molar-refractivity contribution is 0.157. The van der Waals surface area contributed by atoms with Gasteiger partial charge in [0.2, 0.25) is 0 Å². The minimum atomic E-state index is 0. The van der Waals surface area contributed by atoms with Gasteiger partial charge in [-0.3, -0.25) is 0 Å². The van der Waals surface area contributed by atoms with E-state index in [0.717, 1.165) is 0 Å². The summed E-state index contributed by atoms with van der Waals surface area (Å²) in [7, 11) is 0. The van der Waals surface area contributed by atoms with Crippen LogP contribution in [0.1, 0.15) is 25.7 Å². The zero-order chi connectivity index (χ0) is 7.57. The summed E-state index contributed by atoms with van der Waals surface area (Å²) in [5, 5.41) is 7.01. The fourth-order valence-corrected chi connectivity index (χ4v) is 2.42. The van der Waals surface area contributed by atoms with Gasteiger partial charge in [-0.05, 0) is 44.2 Å². The molecule has 4 heteroatoms. The molecular weight excluding hydrogens is 207 g/mol. The average Bonchev–Trinajstić information content (AvgIpc) is 2.07. The predicted molar refractivity (Wildman–Crippen MR) is 61.1 cm³/mol. The van der Waals surface area contributed by atoms with Crippen molar-refractivity contribution in [3.63, 3.8) is 0 Å². The lowest BCUT2D eigenvalue weighted by Crippen LogP contribution is -2.49. The van der Waals surface area contributed by atoms with Crippen molar-refractivity contribution in [2.24, 2.45) is 5.41 Å². The van der Waals surface area contributed by atoms with E-state index in [2.05, 4.69) is 10.6 Å². The molecule has 0 saturated carbocycles. The third-order valence-electron chi connectivity index (χ3n) is 3.12. The topological polar surface area (TPSA) is 24.1 Å². The van der Waals surface area contributed by atoms with Gasteiger partial charge in [0.25, 0.3) is 0 Å². The van der Waals surface area contributed by atoms with E-state index >= 15 is 0 Å². The summed E-state index contributed by atoms with van der Waals surface area (Å²) in [4.78, 5) is 0. The van der Waals surface area contributed by atoms with Gasteiger partial charge in [-0.2, -0.15) is 0 Å². The Kier molecular flexibility index (Phi) is 6.31. The molecule has 1 spiro atoms. The van der Waals surface area contributed by atoms with E-state index in [1.165, 1.54) is 51.9 Å². The molecule has 2 aliphatic heterocycles. The highest BCUT2D eigenvalue weighted by molar-refractivity contribution is 5.85. The summed E-state index contributed by atoms with van der Waals surface area (Å²) in [6, 6.07) is 0. The molecule has 0 atom stereocenters. The summed E-state index contributed by atoms with van der Waals surface area (Å²) in [6.07, 6.45) is 5.63. The monoisotopic (exact) mass is 226 g/mol. The van der Waals surface area contributed by atoms with Crippen LogP contribution in [0, 0.1) is 5.41 Å². The molecule has 0 amide bonds. The number of rotatable bonds is 0. The van der Waals surface area contributed by atoms with Crippen LogP contribution in [-0.2, 0) is 0 Å². The van der Waals surface area contributed by atoms with E-state index in [4.69, 9.17) is 0 Å². The number of nitrogens with one attached hydrogen (secondary N) is 2. The van der Waals surface area contributed by atoms with Gasteiger partial charge in [-0.15, -0.1) is 24.8 Å². The molecule has 0 aromatic rings. The van der Waals surface area contributed by atoms with Crippen molar-refractivity contribution in [3.8, 4) is 0 Å². The van der Waals surface area contributed by atoms with Crippen LogP contribution < -0.4 is 10.6 Å². The van der Waals surface area contributed by atoms with Gasteiger partial charge >= 0.3 is 0 Å². The van der Waals surface area contributed by atoms with Crippen LogP contribution in [0.25, 0.3) is 0 Å². The Morgan fingerprint density at radius 1 is 0.769 bits per heavy atom. The van der Waals surface area contributed by atoms with Crippen molar-refractivity contribution in [3.05, 3.63) is 0 Å². The van der Waals surface area contributed by atoms with Crippen molar-refractivity contribution >= 4 is 24.8 Å². The summed E-state index contributed by atoms with van der Waals surface area (Å²) < 4.78 is 0. The minimum absolute atomic E-state index is 0. The summed E-state index contributed by atoms with van der Waals surface area (Å²) in [5.41, 5.74) is 0.635. The second-order valence-corrected chi connectivity index (χ2v) is 4.06. The normalized spacial score (nSPS) is 25.8. The first-order valence-corrected chi connectivity index (χ1v) is 4.83. The summed E-state index contributed by atoms with van der Waals surface area (Å²) >= 11 is 0. The molecule has 2 rings (SSSR count). The minimum Gasteiger partial charge on any atom is -0.316 e. The molecule has 2 N–H and O–H groups in total. The highest BCUT2D eigenvalue weighted by Crippen LogP contribution is 2.32. The largest absolute Gasteiger partial charge is 0.316 e. The van der Waals surface area contributed by atoms with Crippen LogP contribution in [0.4, 0.5) is 0 Å². The lowest BCUT2D eigenvalue weighted by atomic mass is 9.75. The first-order valence-electron chi connectivity index (χ1n) is 4.83. The van der Waals surface area contributed by atoms with Gasteiger partial charge in [0.05, 0.1) is 0 Å². The van der Waals surface area contributed by atoms with Crippen molar-refractivity contribution in [2.75, 3.05) is 26.2 Å². The van der Waals surface area contributed by atoms with Crippen molar-refractivity contribution < 1.29 is 0 Å². The van der Waals surface area contributed by atoms with E-state index in [1.807, 2.05) is 0 Å². The number of hydrogen-bond donors (Lipinski definition) is 2. The molecule has 2 heterocycles. The Labute approximate surface area is 93.1 Å². The predicted octanol–water partition coefficient (Wildman–Crippen LogP) is 1.58. The van der Waals surface area contributed by atoms with E-state index < -0.39 is 0 Å². The van der Waals surface area contributed by atoms with Crippen molar-refractivity contribution in [2.45, 2.75) is 25.7 Å². The smallest absolute Gasteiger partial charge is 0.00200 e. The Hall–Kier alpha value is 0.500. The molecule has 0 aromatic heterocycles. The maximum atomic E-state index is 3.51. The van der Waals surface area contributed by atoms with E-state index in [9.17, 15) is 0 Å². The third kappa shape index (κ3) is 3.28. The third-order valence-corrected chi connectivity index (χ3v) is 3.12. The van der Waals surface area contributed by atoms with Gasteiger partial charge in [0.15, 0.2) is 0 Å². The molecule has 0 aromatic carbocycles. The molecule has 80 valence electrons. The molecule has 2 saturated heterocycles. The van der Waals surface area contributed by atoms with Crippen LogP contribution in [0.15, 0.2) is 0 Å². The molecule has 0 radical (unpaired) electrons. The number of halogens is 2. The fraction of sp³-hybridized carbons (Fsp3) is 1.00. The quantitative estimate of drug-likeness (QED) is 0.656. The second-order valence-electron chi connectivity index (χ2n) is 4.06. The Bertz CT molecular complexity index is 110. The number of piperidine rings is 2. The first kappa shape index (κ1) is 13.5. The molecular formula is C9H20Cl2N2. The van der Waals surface area contributed by atoms with Crippen LogP contribution in [-0.4, -0.2) is 26.2 Å². The summed E-state index contributed by atoms with van der Waals surface area (Å²) in [6.45, 7) is 4.98. The highest BCUT2D eigenvalue weighted by Gasteiger charge is 2.32. The van der Waals surface area contributed by atoms with Gasteiger partial charge in [-0.25, -0.2) is 0 Å². The Morgan fingerprint density at radius 3 is 1.54 bits per heavy atom. The molecule has 0 bridgehead atoms. The van der Waals surface area contributed by atoms with Gasteiger partial charge < -0.3 is 10.6 Å². The Balaban J connectivity index is 0.000000720. The maximum absolute atomic E-state index is 3.51. The van der Waals surface area contributed by atoms with Crippen LogP contribution >= 0.6 is 24.8 Å². The van der Waals surface area contributed by atoms with Gasteiger partial charge in [0.1, 0.15) is 0 Å². The van der Waals surface area contributed by atoms with Gasteiger partial charge in [0, 0.05) is 13.1 Å². The standard InChI is InChI=1S/C9H18N2.2ClH/c1-3-9(7-10-5-1)4-2-6-11-8-9;;/h10-11H,1-8H2;2*1H. The van der Waals surface area contributed by atoms with Crippen LogP contribution in [0.3, 0.4) is 0 Å². The molecule has 13 heavy (non-hydrogen) atoms.